The lowest BCUT2D eigenvalue weighted by Gasteiger charge is -2.19. The molecule has 32 heavy (non-hydrogen) atoms. The summed E-state index contributed by atoms with van der Waals surface area (Å²) in [6.07, 6.45) is 8.98. The summed E-state index contributed by atoms with van der Waals surface area (Å²) in [5.41, 5.74) is 0.782. The monoisotopic (exact) mass is 474 g/mol. The summed E-state index contributed by atoms with van der Waals surface area (Å²) in [6, 6.07) is 0. The lowest BCUT2D eigenvalue weighted by atomic mass is 10.2. The summed E-state index contributed by atoms with van der Waals surface area (Å²) in [6.45, 7) is 13.9. The van der Waals surface area contributed by atoms with Gasteiger partial charge in [-0.15, -0.1) is 0 Å². The average molecular weight is 475 g/mol. The molecular weight excluding hydrogens is 431 g/mol. The van der Waals surface area contributed by atoms with E-state index >= 15 is 0 Å². The molecule has 0 saturated heterocycles. The van der Waals surface area contributed by atoms with Crippen molar-refractivity contribution in [3.63, 3.8) is 0 Å². The summed E-state index contributed by atoms with van der Waals surface area (Å²) in [5.74, 6) is -0.750. The van der Waals surface area contributed by atoms with Crippen molar-refractivity contribution >= 4 is 19.5 Å². The molecule has 0 bridgehead atoms. The van der Waals surface area contributed by atoms with Crippen LogP contribution >= 0.6 is 7.60 Å². The first kappa shape index (κ1) is 30.6. The first-order valence-electron chi connectivity index (χ1n) is 11.7. The molecule has 0 rings (SSSR count). The highest BCUT2D eigenvalue weighted by Crippen LogP contribution is 2.49. The number of hydrogen-bond donors (Lipinski definition) is 0. The summed E-state index contributed by atoms with van der Waals surface area (Å²) in [7, 11) is -3.12. The van der Waals surface area contributed by atoms with Crippen molar-refractivity contribution in [1.29, 1.82) is 0 Å². The van der Waals surface area contributed by atoms with Crippen molar-refractivity contribution in [2.75, 3.05) is 32.6 Å². The molecule has 8 heteroatoms. The quantitative estimate of drug-likeness (QED) is 0.0826. The number of unbranched alkanes of at least 4 members (excludes halogenated alkanes) is 7. The average Bonchev–Trinajstić information content (AvgIpc) is 2.75. The van der Waals surface area contributed by atoms with E-state index in [-0.39, 0.29) is 11.9 Å². The summed E-state index contributed by atoms with van der Waals surface area (Å²) in [5, 5.41) is 0. The van der Waals surface area contributed by atoms with Gasteiger partial charge in [0, 0.05) is 11.1 Å². The molecule has 0 spiro atoms. The Morgan fingerprint density at radius 3 is 1.47 bits per heavy atom. The standard InChI is InChI=1S/C24H43O7P/c1-6-7-8-15-20-32(27,30-18-13-9-11-16-28-23(25)21(2)3)31-19-14-10-12-17-29-24(26)22(4)5/h2,4,6-20H2,1,3,5H3. The summed E-state index contributed by atoms with van der Waals surface area (Å²) in [4.78, 5) is 22.6. The van der Waals surface area contributed by atoms with Gasteiger partial charge in [0.25, 0.3) is 0 Å². The minimum atomic E-state index is -3.12. The summed E-state index contributed by atoms with van der Waals surface area (Å²) >= 11 is 0. The van der Waals surface area contributed by atoms with Gasteiger partial charge in [0.15, 0.2) is 0 Å². The number of rotatable bonds is 21. The Balaban J connectivity index is 4.13. The first-order chi connectivity index (χ1) is 15.2. The number of carbonyl (C=O) groups excluding carboxylic acids is 2. The van der Waals surface area contributed by atoms with Crippen LogP contribution in [0.4, 0.5) is 0 Å². The van der Waals surface area contributed by atoms with Crippen LogP contribution in [-0.4, -0.2) is 44.5 Å². The van der Waals surface area contributed by atoms with E-state index in [2.05, 4.69) is 20.1 Å². The smallest absolute Gasteiger partial charge is 0.333 e. The molecule has 0 radical (unpaired) electrons. The second-order valence-corrected chi connectivity index (χ2v) is 10.2. The van der Waals surface area contributed by atoms with Crippen LogP contribution in [-0.2, 0) is 32.7 Å². The van der Waals surface area contributed by atoms with E-state index < -0.39 is 7.60 Å². The molecule has 0 N–H and O–H groups in total. The lowest BCUT2D eigenvalue weighted by Crippen LogP contribution is -2.07. The third-order valence-corrected chi connectivity index (χ3v) is 6.62. The van der Waals surface area contributed by atoms with E-state index in [1.165, 1.54) is 0 Å². The van der Waals surface area contributed by atoms with Gasteiger partial charge in [-0.25, -0.2) is 9.59 Å². The number of ether oxygens (including phenoxy) is 2. The molecule has 0 aromatic rings. The Morgan fingerprint density at radius 1 is 0.656 bits per heavy atom. The normalized spacial score (nSPS) is 11.2. The third-order valence-electron chi connectivity index (χ3n) is 4.60. The molecule has 0 aliphatic carbocycles. The Morgan fingerprint density at radius 2 is 1.06 bits per heavy atom. The fraction of sp³-hybridized carbons (Fsp3) is 0.750. The predicted molar refractivity (Wildman–Crippen MR) is 128 cm³/mol. The van der Waals surface area contributed by atoms with Gasteiger partial charge >= 0.3 is 19.5 Å². The van der Waals surface area contributed by atoms with Crippen LogP contribution in [0.2, 0.25) is 0 Å². The highest BCUT2D eigenvalue weighted by Gasteiger charge is 2.23. The topological polar surface area (TPSA) is 88.1 Å². The molecule has 0 aliphatic heterocycles. The number of esters is 2. The van der Waals surface area contributed by atoms with E-state index in [0.29, 0.717) is 43.7 Å². The molecule has 0 heterocycles. The lowest BCUT2D eigenvalue weighted by molar-refractivity contribution is -0.139. The van der Waals surface area contributed by atoms with E-state index in [1.54, 1.807) is 13.8 Å². The van der Waals surface area contributed by atoms with Crippen LogP contribution in [0.1, 0.15) is 85.0 Å². The first-order valence-corrected chi connectivity index (χ1v) is 13.5. The fourth-order valence-electron chi connectivity index (χ4n) is 2.64. The zero-order valence-corrected chi connectivity index (χ0v) is 21.2. The zero-order chi connectivity index (χ0) is 24.2. The third kappa shape index (κ3) is 17.2. The van der Waals surface area contributed by atoms with Crippen molar-refractivity contribution in [2.24, 2.45) is 0 Å². The van der Waals surface area contributed by atoms with Crippen molar-refractivity contribution in [2.45, 2.75) is 85.0 Å². The molecule has 7 nitrogen and oxygen atoms in total. The van der Waals surface area contributed by atoms with Crippen molar-refractivity contribution in [1.82, 2.24) is 0 Å². The van der Waals surface area contributed by atoms with Crippen LogP contribution in [0.15, 0.2) is 24.3 Å². The van der Waals surface area contributed by atoms with Crippen LogP contribution < -0.4 is 0 Å². The van der Waals surface area contributed by atoms with Crippen molar-refractivity contribution < 1.29 is 32.7 Å². The van der Waals surface area contributed by atoms with Gasteiger partial charge < -0.3 is 18.5 Å². The van der Waals surface area contributed by atoms with Gasteiger partial charge in [-0.1, -0.05) is 39.3 Å². The Hall–Kier alpha value is -1.43. The molecule has 0 atom stereocenters. The van der Waals surface area contributed by atoms with Crippen LogP contribution in [0.5, 0.6) is 0 Å². The number of hydrogen-bond acceptors (Lipinski definition) is 7. The minimum Gasteiger partial charge on any atom is -0.462 e. The largest absolute Gasteiger partial charge is 0.462 e. The second-order valence-electron chi connectivity index (χ2n) is 8.02. The molecule has 0 aliphatic rings. The highest BCUT2D eigenvalue weighted by molar-refractivity contribution is 7.53. The Bertz CT molecular complexity index is 571. The van der Waals surface area contributed by atoms with Gasteiger partial charge in [-0.05, 0) is 58.8 Å². The molecular formula is C24H43O7P. The van der Waals surface area contributed by atoms with E-state index in [1.807, 2.05) is 0 Å². The second kappa shape index (κ2) is 19.1. The van der Waals surface area contributed by atoms with Gasteiger partial charge in [0.1, 0.15) is 0 Å². The Labute approximate surface area is 194 Å². The maximum absolute atomic E-state index is 13.1. The molecule has 0 unspecified atom stereocenters. The fourth-order valence-corrected chi connectivity index (χ4v) is 4.40. The van der Waals surface area contributed by atoms with Gasteiger partial charge in [-0.2, -0.15) is 0 Å². The molecule has 0 fully saturated rings. The van der Waals surface area contributed by atoms with Gasteiger partial charge in [0.05, 0.1) is 32.6 Å². The van der Waals surface area contributed by atoms with Gasteiger partial charge in [-0.3, -0.25) is 4.57 Å². The predicted octanol–water partition coefficient (Wildman–Crippen LogP) is 6.37. The summed E-state index contributed by atoms with van der Waals surface area (Å²) < 4.78 is 34.6. The van der Waals surface area contributed by atoms with Crippen LogP contribution in [0.25, 0.3) is 0 Å². The number of carbonyl (C=O) groups is 2. The van der Waals surface area contributed by atoms with Crippen LogP contribution in [0, 0.1) is 0 Å². The molecule has 0 aromatic heterocycles. The SMILES string of the molecule is C=C(C)C(=O)OCCCCCOP(=O)(CCCCCC)OCCCCCOC(=O)C(=C)C. The molecule has 0 amide bonds. The minimum absolute atomic E-state index is 0.346. The Kier molecular flexibility index (Phi) is 18.2. The van der Waals surface area contributed by atoms with E-state index in [4.69, 9.17) is 18.5 Å². The van der Waals surface area contributed by atoms with Crippen LogP contribution in [0.3, 0.4) is 0 Å². The van der Waals surface area contributed by atoms with E-state index in [9.17, 15) is 14.2 Å². The van der Waals surface area contributed by atoms with Gasteiger partial charge in [0.2, 0.25) is 0 Å². The molecule has 0 aromatic carbocycles. The van der Waals surface area contributed by atoms with Crippen molar-refractivity contribution in [3.8, 4) is 0 Å². The van der Waals surface area contributed by atoms with E-state index in [0.717, 1.165) is 64.2 Å². The molecule has 0 saturated carbocycles. The van der Waals surface area contributed by atoms with Crippen molar-refractivity contribution in [3.05, 3.63) is 24.3 Å². The highest BCUT2D eigenvalue weighted by atomic mass is 31.2. The maximum Gasteiger partial charge on any atom is 0.333 e. The zero-order valence-electron chi connectivity index (χ0n) is 20.3. The molecule has 186 valence electrons. The maximum atomic E-state index is 13.1.